The van der Waals surface area contributed by atoms with E-state index < -0.39 is 20.7 Å². The van der Waals surface area contributed by atoms with Crippen LogP contribution < -0.4 is 4.72 Å². The zero-order valence-corrected chi connectivity index (χ0v) is 14.1. The molecule has 1 saturated heterocycles. The minimum atomic E-state index is -4.08. The summed E-state index contributed by atoms with van der Waals surface area (Å²) in [5.74, 6) is -1.04. The van der Waals surface area contributed by atoms with Crippen LogP contribution >= 0.6 is 0 Å². The third-order valence-electron chi connectivity index (χ3n) is 3.79. The van der Waals surface area contributed by atoms with E-state index in [0.29, 0.717) is 31.9 Å². The highest BCUT2D eigenvalue weighted by molar-refractivity contribution is 7.92. The highest BCUT2D eigenvalue weighted by Crippen LogP contribution is 2.20. The second-order valence-electron chi connectivity index (χ2n) is 5.52. The molecule has 1 aliphatic heterocycles. The van der Waals surface area contributed by atoms with Crippen molar-refractivity contribution in [2.45, 2.75) is 4.90 Å². The lowest BCUT2D eigenvalue weighted by Gasteiger charge is -2.27. The Labute approximate surface area is 145 Å². The molecule has 1 amide bonds. The first-order chi connectivity index (χ1) is 12.0. The fourth-order valence-corrected chi connectivity index (χ4v) is 3.67. The van der Waals surface area contributed by atoms with Crippen molar-refractivity contribution in [3.8, 4) is 0 Å². The quantitative estimate of drug-likeness (QED) is 0.901. The van der Waals surface area contributed by atoms with Crippen molar-refractivity contribution in [3.63, 3.8) is 0 Å². The molecule has 6 nitrogen and oxygen atoms in total. The van der Waals surface area contributed by atoms with Gasteiger partial charge in [0.05, 0.1) is 13.2 Å². The monoisotopic (exact) mass is 364 g/mol. The van der Waals surface area contributed by atoms with Crippen LogP contribution in [0.1, 0.15) is 10.4 Å². The lowest BCUT2D eigenvalue weighted by atomic mass is 10.1. The van der Waals surface area contributed by atoms with E-state index in [-0.39, 0.29) is 11.6 Å². The Morgan fingerprint density at radius 3 is 2.52 bits per heavy atom. The first-order valence-electron chi connectivity index (χ1n) is 7.72. The minimum absolute atomic E-state index is 0.197. The molecule has 0 aromatic heterocycles. The molecule has 132 valence electrons. The molecule has 3 rings (SSSR count). The van der Waals surface area contributed by atoms with E-state index in [4.69, 9.17) is 4.74 Å². The van der Waals surface area contributed by atoms with Crippen LogP contribution in [0.4, 0.5) is 10.1 Å². The van der Waals surface area contributed by atoms with E-state index in [0.717, 1.165) is 6.07 Å². The average molecular weight is 364 g/mol. The standard InChI is InChI=1S/C17H17FN2O4S/c18-15-6-1-2-7-16(15)25(22,23)19-14-5-3-4-13(12-14)17(21)20-8-10-24-11-9-20/h1-7,12,19H,8-11H2. The molecule has 2 aromatic rings. The summed E-state index contributed by atoms with van der Waals surface area (Å²) in [5.41, 5.74) is 0.554. The van der Waals surface area contributed by atoms with E-state index in [2.05, 4.69) is 4.72 Å². The van der Waals surface area contributed by atoms with Crippen LogP contribution in [0.5, 0.6) is 0 Å². The van der Waals surface area contributed by atoms with Crippen LogP contribution in [0.3, 0.4) is 0 Å². The maximum Gasteiger partial charge on any atom is 0.264 e. The van der Waals surface area contributed by atoms with Gasteiger partial charge in [0, 0.05) is 24.3 Å². The Bertz CT molecular complexity index is 880. The molecule has 1 N–H and O–H groups in total. The van der Waals surface area contributed by atoms with E-state index >= 15 is 0 Å². The number of rotatable bonds is 4. The molecule has 1 aliphatic rings. The highest BCUT2D eigenvalue weighted by atomic mass is 32.2. The first kappa shape index (κ1) is 17.4. The van der Waals surface area contributed by atoms with Gasteiger partial charge in [-0.1, -0.05) is 18.2 Å². The lowest BCUT2D eigenvalue weighted by Crippen LogP contribution is -2.40. The number of nitrogens with zero attached hydrogens (tertiary/aromatic N) is 1. The summed E-state index contributed by atoms with van der Waals surface area (Å²) < 4.78 is 46.0. The summed E-state index contributed by atoms with van der Waals surface area (Å²) in [4.78, 5) is 13.7. The number of hydrogen-bond donors (Lipinski definition) is 1. The second-order valence-corrected chi connectivity index (χ2v) is 7.17. The highest BCUT2D eigenvalue weighted by Gasteiger charge is 2.21. The van der Waals surface area contributed by atoms with Crippen LogP contribution in [0.2, 0.25) is 0 Å². The molecular formula is C17H17FN2O4S. The van der Waals surface area contributed by atoms with E-state index in [9.17, 15) is 17.6 Å². The number of ether oxygens (including phenoxy) is 1. The lowest BCUT2D eigenvalue weighted by molar-refractivity contribution is 0.0303. The molecule has 0 spiro atoms. The van der Waals surface area contributed by atoms with E-state index in [1.165, 1.54) is 30.3 Å². The number of halogens is 1. The summed E-state index contributed by atoms with van der Waals surface area (Å²) in [7, 11) is -4.08. The molecule has 0 unspecified atom stereocenters. The molecule has 0 bridgehead atoms. The molecule has 0 radical (unpaired) electrons. The van der Waals surface area contributed by atoms with Gasteiger partial charge < -0.3 is 9.64 Å². The molecule has 0 atom stereocenters. The zero-order chi connectivity index (χ0) is 17.9. The van der Waals surface area contributed by atoms with Gasteiger partial charge in [-0.3, -0.25) is 9.52 Å². The Morgan fingerprint density at radius 1 is 1.08 bits per heavy atom. The van der Waals surface area contributed by atoms with Crippen molar-refractivity contribution in [2.24, 2.45) is 0 Å². The SMILES string of the molecule is O=C(c1cccc(NS(=O)(=O)c2ccccc2F)c1)N1CCOCC1. The van der Waals surface area contributed by atoms with Crippen LogP contribution in [-0.2, 0) is 14.8 Å². The molecule has 8 heteroatoms. The van der Waals surface area contributed by atoms with Gasteiger partial charge in [-0.2, -0.15) is 0 Å². The third-order valence-corrected chi connectivity index (χ3v) is 5.20. The topological polar surface area (TPSA) is 75.7 Å². The number of morpholine rings is 1. The number of nitrogens with one attached hydrogen (secondary N) is 1. The smallest absolute Gasteiger partial charge is 0.264 e. The van der Waals surface area contributed by atoms with Gasteiger partial charge in [-0.05, 0) is 30.3 Å². The normalized spacial score (nSPS) is 15.0. The zero-order valence-electron chi connectivity index (χ0n) is 13.3. The molecule has 2 aromatic carbocycles. The van der Waals surface area contributed by atoms with Crippen molar-refractivity contribution in [2.75, 3.05) is 31.0 Å². The molecule has 25 heavy (non-hydrogen) atoms. The average Bonchev–Trinajstić information content (AvgIpc) is 2.62. The predicted molar refractivity (Wildman–Crippen MR) is 90.4 cm³/mol. The summed E-state index contributed by atoms with van der Waals surface area (Å²) in [6.07, 6.45) is 0. The molecular weight excluding hydrogens is 347 g/mol. The molecule has 0 aliphatic carbocycles. The second kappa shape index (κ2) is 7.20. The summed E-state index contributed by atoms with van der Waals surface area (Å²) in [6, 6.07) is 11.2. The Balaban J connectivity index is 1.82. The van der Waals surface area contributed by atoms with Gasteiger partial charge in [0.1, 0.15) is 10.7 Å². The maximum absolute atomic E-state index is 13.7. The minimum Gasteiger partial charge on any atom is -0.378 e. The number of sulfonamides is 1. The van der Waals surface area contributed by atoms with Gasteiger partial charge in [0.25, 0.3) is 15.9 Å². The Hall–Kier alpha value is -2.45. The number of carbonyl (C=O) groups is 1. The Morgan fingerprint density at radius 2 is 1.80 bits per heavy atom. The molecule has 1 fully saturated rings. The Kier molecular flexibility index (Phi) is 5.00. The van der Waals surface area contributed by atoms with Gasteiger partial charge >= 0.3 is 0 Å². The van der Waals surface area contributed by atoms with Crippen molar-refractivity contribution >= 4 is 21.6 Å². The number of anilines is 1. The number of carbonyl (C=O) groups excluding carboxylic acids is 1. The van der Waals surface area contributed by atoms with Crippen molar-refractivity contribution in [3.05, 3.63) is 59.9 Å². The number of amides is 1. The fraction of sp³-hybridized carbons (Fsp3) is 0.235. The van der Waals surface area contributed by atoms with Gasteiger partial charge in [-0.15, -0.1) is 0 Å². The third kappa shape index (κ3) is 3.97. The molecule has 0 saturated carbocycles. The summed E-state index contributed by atoms with van der Waals surface area (Å²) in [5, 5.41) is 0. The largest absolute Gasteiger partial charge is 0.378 e. The summed E-state index contributed by atoms with van der Waals surface area (Å²) >= 11 is 0. The first-order valence-corrected chi connectivity index (χ1v) is 9.20. The summed E-state index contributed by atoms with van der Waals surface area (Å²) in [6.45, 7) is 1.94. The number of hydrogen-bond acceptors (Lipinski definition) is 4. The van der Waals surface area contributed by atoms with Crippen molar-refractivity contribution < 1.29 is 22.3 Å². The van der Waals surface area contributed by atoms with Gasteiger partial charge in [-0.25, -0.2) is 12.8 Å². The fourth-order valence-electron chi connectivity index (χ4n) is 2.54. The van der Waals surface area contributed by atoms with Crippen molar-refractivity contribution in [1.29, 1.82) is 0 Å². The van der Waals surface area contributed by atoms with Crippen LogP contribution in [-0.4, -0.2) is 45.5 Å². The van der Waals surface area contributed by atoms with Crippen LogP contribution in [0, 0.1) is 5.82 Å². The predicted octanol–water partition coefficient (Wildman–Crippen LogP) is 2.10. The van der Waals surface area contributed by atoms with Crippen molar-refractivity contribution in [1.82, 2.24) is 4.90 Å². The maximum atomic E-state index is 13.7. The van der Waals surface area contributed by atoms with E-state index in [1.54, 1.807) is 17.0 Å². The van der Waals surface area contributed by atoms with E-state index in [1.807, 2.05) is 0 Å². The number of benzene rings is 2. The van der Waals surface area contributed by atoms with Crippen LogP contribution in [0.15, 0.2) is 53.4 Å². The molecule has 1 heterocycles. The van der Waals surface area contributed by atoms with Gasteiger partial charge in [0.15, 0.2) is 0 Å². The van der Waals surface area contributed by atoms with Gasteiger partial charge in [0.2, 0.25) is 0 Å². The van der Waals surface area contributed by atoms with Crippen LogP contribution in [0.25, 0.3) is 0 Å².